The van der Waals surface area contributed by atoms with Crippen LogP contribution in [0.2, 0.25) is 0 Å². The molecule has 2 aliphatic rings. The van der Waals surface area contributed by atoms with Crippen molar-refractivity contribution in [2.75, 3.05) is 13.2 Å². The van der Waals surface area contributed by atoms with E-state index in [1.54, 1.807) is 0 Å². The van der Waals surface area contributed by atoms with Gasteiger partial charge in [-0.05, 0) is 19.8 Å². The minimum atomic E-state index is 0.0466. The van der Waals surface area contributed by atoms with E-state index >= 15 is 0 Å². The Morgan fingerprint density at radius 2 is 2.55 bits per heavy atom. The second-order valence-electron chi connectivity index (χ2n) is 3.16. The van der Waals surface area contributed by atoms with E-state index in [0.29, 0.717) is 6.04 Å². The van der Waals surface area contributed by atoms with Gasteiger partial charge in [0.25, 0.3) is 0 Å². The van der Waals surface area contributed by atoms with Crippen LogP contribution >= 0.6 is 0 Å². The van der Waals surface area contributed by atoms with Gasteiger partial charge in [-0.2, -0.15) is 5.06 Å². The fourth-order valence-electron chi connectivity index (χ4n) is 1.88. The first-order valence-electron chi connectivity index (χ1n) is 4.45. The lowest BCUT2D eigenvalue weighted by Crippen LogP contribution is -2.21. The van der Waals surface area contributed by atoms with Gasteiger partial charge in [-0.15, -0.1) is 0 Å². The normalized spacial score (nSPS) is 37.9. The molecule has 3 heteroatoms. The summed E-state index contributed by atoms with van der Waals surface area (Å²) in [6, 6.07) is 0.645. The summed E-state index contributed by atoms with van der Waals surface area (Å²) in [7, 11) is 0. The monoisotopic (exact) mass is 157 g/mol. The molecule has 0 aromatic rings. The van der Waals surface area contributed by atoms with Crippen LogP contribution in [-0.4, -0.2) is 30.5 Å². The molecule has 2 atom stereocenters. The van der Waals surface area contributed by atoms with Gasteiger partial charge in [0.05, 0.1) is 0 Å². The smallest absolute Gasteiger partial charge is 0.179 e. The molecule has 2 heterocycles. The Labute approximate surface area is 67.2 Å². The topological polar surface area (TPSA) is 21.7 Å². The third-order valence-electron chi connectivity index (χ3n) is 2.39. The van der Waals surface area contributed by atoms with Gasteiger partial charge >= 0.3 is 0 Å². The van der Waals surface area contributed by atoms with Gasteiger partial charge in [-0.3, -0.25) is 4.84 Å². The average molecular weight is 157 g/mol. The molecule has 3 nitrogen and oxygen atoms in total. The molecular formula is C8H15NO2. The molecule has 11 heavy (non-hydrogen) atoms. The summed E-state index contributed by atoms with van der Waals surface area (Å²) in [5.41, 5.74) is 0. The zero-order chi connectivity index (χ0) is 7.68. The quantitative estimate of drug-likeness (QED) is 0.600. The molecule has 0 aromatic heterocycles. The van der Waals surface area contributed by atoms with Crippen LogP contribution in [0.1, 0.15) is 26.2 Å². The van der Waals surface area contributed by atoms with E-state index < -0.39 is 0 Å². The maximum atomic E-state index is 5.54. The van der Waals surface area contributed by atoms with E-state index in [9.17, 15) is 0 Å². The fraction of sp³-hybridized carbons (Fsp3) is 1.00. The Bertz CT molecular complexity index is 128. The highest BCUT2D eigenvalue weighted by molar-refractivity contribution is 4.79. The second-order valence-corrected chi connectivity index (χ2v) is 3.16. The molecule has 2 fully saturated rings. The third kappa shape index (κ3) is 1.41. The predicted molar refractivity (Wildman–Crippen MR) is 40.8 cm³/mol. The molecule has 0 spiro atoms. The van der Waals surface area contributed by atoms with Crippen molar-refractivity contribution in [3.8, 4) is 0 Å². The molecule has 64 valence electrons. The molecule has 0 radical (unpaired) electrons. The number of rotatable bonds is 2. The summed E-state index contributed by atoms with van der Waals surface area (Å²) in [5, 5.41) is 2.08. The van der Waals surface area contributed by atoms with E-state index in [2.05, 4.69) is 5.06 Å². The number of nitrogens with zero attached hydrogens (tertiary/aromatic N) is 1. The fourth-order valence-corrected chi connectivity index (χ4v) is 1.88. The number of ether oxygens (including phenoxy) is 1. The minimum absolute atomic E-state index is 0.0466. The number of hydrogen-bond acceptors (Lipinski definition) is 3. The lowest BCUT2D eigenvalue weighted by molar-refractivity contribution is -0.230. The van der Waals surface area contributed by atoms with Crippen LogP contribution in [0.15, 0.2) is 0 Å². The first-order valence-corrected chi connectivity index (χ1v) is 4.45. The van der Waals surface area contributed by atoms with Crippen LogP contribution in [0, 0.1) is 0 Å². The predicted octanol–water partition coefficient (Wildman–Crippen LogP) is 1.15. The minimum Gasteiger partial charge on any atom is -0.351 e. The van der Waals surface area contributed by atoms with Crippen LogP contribution in [0.25, 0.3) is 0 Å². The van der Waals surface area contributed by atoms with Gasteiger partial charge in [-0.1, -0.05) is 0 Å². The molecule has 2 saturated heterocycles. The lowest BCUT2D eigenvalue weighted by atomic mass is 10.2. The maximum Gasteiger partial charge on any atom is 0.179 e. The van der Waals surface area contributed by atoms with Crippen molar-refractivity contribution >= 4 is 0 Å². The summed E-state index contributed by atoms with van der Waals surface area (Å²) in [5.74, 6) is 0. The van der Waals surface area contributed by atoms with E-state index in [1.807, 2.05) is 6.92 Å². The van der Waals surface area contributed by atoms with Crippen LogP contribution in [0.3, 0.4) is 0 Å². The van der Waals surface area contributed by atoms with Crippen molar-refractivity contribution in [2.24, 2.45) is 0 Å². The Morgan fingerprint density at radius 3 is 3.27 bits per heavy atom. The first kappa shape index (κ1) is 7.53. The molecule has 0 saturated carbocycles. The number of fused-ring (bicyclic) bond motifs is 1. The van der Waals surface area contributed by atoms with Crippen LogP contribution < -0.4 is 0 Å². The first-order chi connectivity index (χ1) is 5.40. The lowest BCUT2D eigenvalue weighted by Gasteiger charge is -2.13. The highest BCUT2D eigenvalue weighted by atomic mass is 16.8. The van der Waals surface area contributed by atoms with Gasteiger partial charge in [0.2, 0.25) is 0 Å². The van der Waals surface area contributed by atoms with E-state index in [4.69, 9.17) is 9.57 Å². The van der Waals surface area contributed by atoms with Gasteiger partial charge in [0.1, 0.15) is 0 Å². The molecule has 0 N–H and O–H groups in total. The Morgan fingerprint density at radius 1 is 1.64 bits per heavy atom. The largest absolute Gasteiger partial charge is 0.351 e. The van der Waals surface area contributed by atoms with Gasteiger partial charge in [-0.25, -0.2) is 0 Å². The van der Waals surface area contributed by atoms with Crippen LogP contribution in [0.5, 0.6) is 0 Å². The molecule has 0 aliphatic carbocycles. The van der Waals surface area contributed by atoms with Crippen molar-refractivity contribution in [3.05, 3.63) is 0 Å². The number of hydrogen-bond donors (Lipinski definition) is 0. The van der Waals surface area contributed by atoms with E-state index in [-0.39, 0.29) is 6.29 Å². The summed E-state index contributed by atoms with van der Waals surface area (Å²) in [6.45, 7) is 3.85. The van der Waals surface area contributed by atoms with Crippen molar-refractivity contribution in [3.63, 3.8) is 0 Å². The highest BCUT2D eigenvalue weighted by Gasteiger charge is 2.36. The molecule has 2 rings (SSSR count). The summed E-state index contributed by atoms with van der Waals surface area (Å²) in [6.07, 6.45) is 3.67. The summed E-state index contributed by atoms with van der Waals surface area (Å²) >= 11 is 0. The molecule has 0 bridgehead atoms. The van der Waals surface area contributed by atoms with Crippen molar-refractivity contribution in [1.29, 1.82) is 0 Å². The van der Waals surface area contributed by atoms with Crippen molar-refractivity contribution in [1.82, 2.24) is 5.06 Å². The van der Waals surface area contributed by atoms with Crippen LogP contribution in [0.4, 0.5) is 0 Å². The molecular weight excluding hydrogens is 142 g/mol. The van der Waals surface area contributed by atoms with Gasteiger partial charge in [0.15, 0.2) is 6.29 Å². The zero-order valence-electron chi connectivity index (χ0n) is 6.95. The Kier molecular flexibility index (Phi) is 2.11. The Hall–Kier alpha value is -0.120. The standard InChI is InChI=1S/C8H15NO2/c1-2-10-8-6-7-4-3-5-9(7)11-8/h7-8H,2-6H2,1H3/t7-,8-/m1/s1. The Balaban J connectivity index is 1.84. The van der Waals surface area contributed by atoms with E-state index in [1.165, 1.54) is 12.8 Å². The molecule has 0 unspecified atom stereocenters. The van der Waals surface area contributed by atoms with E-state index in [0.717, 1.165) is 19.6 Å². The zero-order valence-corrected chi connectivity index (χ0v) is 6.95. The molecule has 0 aromatic carbocycles. The summed E-state index contributed by atoms with van der Waals surface area (Å²) in [4.78, 5) is 5.54. The SMILES string of the molecule is CCO[C@H]1C[C@H]2CCCN2O1. The van der Waals surface area contributed by atoms with Gasteiger partial charge < -0.3 is 4.74 Å². The molecule has 0 amide bonds. The second kappa shape index (κ2) is 3.09. The third-order valence-corrected chi connectivity index (χ3v) is 2.39. The van der Waals surface area contributed by atoms with Crippen molar-refractivity contribution in [2.45, 2.75) is 38.5 Å². The van der Waals surface area contributed by atoms with Crippen LogP contribution in [-0.2, 0) is 9.57 Å². The van der Waals surface area contributed by atoms with Gasteiger partial charge in [0, 0.05) is 25.6 Å². The van der Waals surface area contributed by atoms with Crippen molar-refractivity contribution < 1.29 is 9.57 Å². The summed E-state index contributed by atoms with van der Waals surface area (Å²) < 4.78 is 5.38. The highest BCUT2D eigenvalue weighted by Crippen LogP contribution is 2.30. The number of hydroxylamine groups is 2. The average Bonchev–Trinajstić information content (AvgIpc) is 2.46. The molecule has 2 aliphatic heterocycles. The maximum absolute atomic E-state index is 5.54.